The number of rotatable bonds is 4. The lowest BCUT2D eigenvalue weighted by Gasteiger charge is -2.11. The molecule has 0 aliphatic carbocycles. The molecule has 0 aromatic heterocycles. The van der Waals surface area contributed by atoms with Gasteiger partial charge in [-0.05, 0) is 58.2 Å². The van der Waals surface area contributed by atoms with Gasteiger partial charge in [0.25, 0.3) is 10.0 Å². The van der Waals surface area contributed by atoms with E-state index in [1.807, 2.05) is 13.0 Å². The van der Waals surface area contributed by atoms with Gasteiger partial charge in [-0.25, -0.2) is 8.42 Å². The summed E-state index contributed by atoms with van der Waals surface area (Å²) in [5.74, 6) is 0. The van der Waals surface area contributed by atoms with Gasteiger partial charge in [-0.2, -0.15) is 0 Å². The lowest BCUT2D eigenvalue weighted by molar-refractivity contribution is 0.281. The van der Waals surface area contributed by atoms with E-state index in [1.54, 1.807) is 24.3 Å². The lowest BCUT2D eigenvalue weighted by atomic mass is 10.2. The summed E-state index contributed by atoms with van der Waals surface area (Å²) >= 11 is 6.59. The van der Waals surface area contributed by atoms with Crippen molar-refractivity contribution in [2.75, 3.05) is 4.72 Å². The zero-order valence-electron chi connectivity index (χ0n) is 11.1. The van der Waals surface area contributed by atoms with E-state index in [9.17, 15) is 8.42 Å². The first-order valence-electron chi connectivity index (χ1n) is 6.02. The Labute approximate surface area is 140 Å². The van der Waals surface area contributed by atoms with Crippen LogP contribution in [-0.2, 0) is 16.6 Å². The normalized spacial score (nSPS) is 11.4. The van der Waals surface area contributed by atoms with Crippen molar-refractivity contribution in [3.63, 3.8) is 0 Å². The summed E-state index contributed by atoms with van der Waals surface area (Å²) in [4.78, 5) is 0.0887. The number of anilines is 1. The van der Waals surface area contributed by atoms with Crippen LogP contribution in [0.1, 0.15) is 11.1 Å². The predicted octanol–water partition coefficient (Wildman–Crippen LogP) is 3.81. The van der Waals surface area contributed by atoms with E-state index < -0.39 is 10.0 Å². The molecule has 0 fully saturated rings. The SMILES string of the molecule is Cc1ccc(NS(=O)(=O)c2cc(CO)ccc2Br)cc1Br. The maximum absolute atomic E-state index is 12.4. The number of aliphatic hydroxyl groups excluding tert-OH is 1. The highest BCUT2D eigenvalue weighted by atomic mass is 79.9. The Morgan fingerprint density at radius 2 is 1.81 bits per heavy atom. The number of hydrogen-bond donors (Lipinski definition) is 2. The quantitative estimate of drug-likeness (QED) is 0.768. The van der Waals surface area contributed by atoms with Gasteiger partial charge in [0.15, 0.2) is 0 Å². The average molecular weight is 435 g/mol. The second kappa shape index (κ2) is 6.48. The largest absolute Gasteiger partial charge is 0.392 e. The topological polar surface area (TPSA) is 66.4 Å². The third-order valence-electron chi connectivity index (χ3n) is 2.89. The molecule has 0 amide bonds. The third kappa shape index (κ3) is 3.85. The monoisotopic (exact) mass is 433 g/mol. The summed E-state index contributed by atoms with van der Waals surface area (Å²) in [5.41, 5.74) is 2.01. The van der Waals surface area contributed by atoms with E-state index in [0.717, 1.165) is 10.0 Å². The summed E-state index contributed by atoms with van der Waals surface area (Å²) in [6, 6.07) is 9.92. The van der Waals surface area contributed by atoms with Crippen LogP contribution in [0.25, 0.3) is 0 Å². The van der Waals surface area contributed by atoms with Crippen molar-refractivity contribution < 1.29 is 13.5 Å². The highest BCUT2D eigenvalue weighted by molar-refractivity contribution is 9.10. The molecule has 4 nitrogen and oxygen atoms in total. The number of aryl methyl sites for hydroxylation is 1. The maximum Gasteiger partial charge on any atom is 0.263 e. The van der Waals surface area contributed by atoms with Gasteiger partial charge in [0.1, 0.15) is 4.90 Å². The minimum absolute atomic E-state index is 0.0887. The Kier molecular flexibility index (Phi) is 5.08. The molecule has 112 valence electrons. The molecule has 0 saturated carbocycles. The van der Waals surface area contributed by atoms with Crippen LogP contribution in [0.3, 0.4) is 0 Å². The molecule has 0 heterocycles. The van der Waals surface area contributed by atoms with E-state index in [4.69, 9.17) is 5.11 Å². The predicted molar refractivity (Wildman–Crippen MR) is 89.8 cm³/mol. The van der Waals surface area contributed by atoms with Crippen molar-refractivity contribution in [3.8, 4) is 0 Å². The standard InChI is InChI=1S/C14H13Br2NO3S/c1-9-2-4-11(7-13(9)16)17-21(19,20)14-6-10(8-18)3-5-12(14)15/h2-7,17-18H,8H2,1H3. The smallest absolute Gasteiger partial charge is 0.263 e. The van der Waals surface area contributed by atoms with Crippen molar-refractivity contribution in [2.45, 2.75) is 18.4 Å². The van der Waals surface area contributed by atoms with E-state index in [0.29, 0.717) is 15.7 Å². The molecule has 0 aliphatic rings. The Bertz CT molecular complexity index is 776. The van der Waals surface area contributed by atoms with Crippen molar-refractivity contribution in [1.29, 1.82) is 0 Å². The van der Waals surface area contributed by atoms with Crippen LogP contribution in [-0.4, -0.2) is 13.5 Å². The zero-order chi connectivity index (χ0) is 15.6. The van der Waals surface area contributed by atoms with Gasteiger partial charge < -0.3 is 5.11 Å². The molecule has 2 aromatic carbocycles. The molecule has 2 aromatic rings. The lowest BCUT2D eigenvalue weighted by Crippen LogP contribution is -2.14. The Morgan fingerprint density at radius 3 is 2.43 bits per heavy atom. The molecule has 0 atom stereocenters. The summed E-state index contributed by atoms with van der Waals surface area (Å²) in [5, 5.41) is 9.14. The molecule has 0 radical (unpaired) electrons. The molecule has 2 rings (SSSR count). The summed E-state index contributed by atoms with van der Waals surface area (Å²) < 4.78 is 28.7. The summed E-state index contributed by atoms with van der Waals surface area (Å²) in [6.07, 6.45) is 0. The van der Waals surface area contributed by atoms with Crippen LogP contribution >= 0.6 is 31.9 Å². The van der Waals surface area contributed by atoms with Gasteiger partial charge in [-0.15, -0.1) is 0 Å². The highest BCUT2D eigenvalue weighted by Crippen LogP contribution is 2.27. The number of benzene rings is 2. The molecular weight excluding hydrogens is 422 g/mol. The number of halogens is 2. The number of hydrogen-bond acceptors (Lipinski definition) is 3. The first kappa shape index (κ1) is 16.5. The maximum atomic E-state index is 12.4. The van der Waals surface area contributed by atoms with Crippen molar-refractivity contribution in [1.82, 2.24) is 0 Å². The summed E-state index contributed by atoms with van der Waals surface area (Å²) in [7, 11) is -3.74. The molecular formula is C14H13Br2NO3S. The molecule has 0 unspecified atom stereocenters. The van der Waals surface area contributed by atoms with Crippen molar-refractivity contribution in [3.05, 3.63) is 56.5 Å². The minimum Gasteiger partial charge on any atom is -0.392 e. The Hall–Kier alpha value is -0.890. The number of nitrogens with one attached hydrogen (secondary N) is 1. The Balaban J connectivity index is 2.40. The van der Waals surface area contributed by atoms with Crippen LogP contribution in [0, 0.1) is 6.92 Å². The minimum atomic E-state index is -3.74. The average Bonchev–Trinajstić information content (AvgIpc) is 2.43. The molecule has 0 bridgehead atoms. The first-order valence-corrected chi connectivity index (χ1v) is 9.08. The summed E-state index contributed by atoms with van der Waals surface area (Å²) in [6.45, 7) is 1.70. The van der Waals surface area contributed by atoms with Crippen LogP contribution in [0.4, 0.5) is 5.69 Å². The number of aliphatic hydroxyl groups is 1. The molecule has 21 heavy (non-hydrogen) atoms. The molecule has 7 heteroatoms. The Morgan fingerprint density at radius 1 is 1.10 bits per heavy atom. The van der Waals surface area contributed by atoms with E-state index >= 15 is 0 Å². The molecule has 0 saturated heterocycles. The first-order chi connectivity index (χ1) is 9.83. The van der Waals surface area contributed by atoms with Crippen molar-refractivity contribution in [2.24, 2.45) is 0 Å². The van der Waals surface area contributed by atoms with Gasteiger partial charge >= 0.3 is 0 Å². The molecule has 0 spiro atoms. The second-order valence-electron chi connectivity index (χ2n) is 4.49. The van der Waals surface area contributed by atoms with Crippen LogP contribution in [0.15, 0.2) is 50.2 Å². The van der Waals surface area contributed by atoms with E-state index in [-0.39, 0.29) is 11.5 Å². The van der Waals surface area contributed by atoms with E-state index in [1.165, 1.54) is 6.07 Å². The van der Waals surface area contributed by atoms with Gasteiger partial charge in [0, 0.05) is 14.6 Å². The molecule has 2 N–H and O–H groups in total. The van der Waals surface area contributed by atoms with Crippen LogP contribution in [0.2, 0.25) is 0 Å². The van der Waals surface area contributed by atoms with Crippen LogP contribution < -0.4 is 4.72 Å². The van der Waals surface area contributed by atoms with Gasteiger partial charge in [0.2, 0.25) is 0 Å². The van der Waals surface area contributed by atoms with Crippen molar-refractivity contribution >= 4 is 47.6 Å². The fourth-order valence-corrected chi connectivity index (χ4v) is 4.16. The fraction of sp³-hybridized carbons (Fsp3) is 0.143. The highest BCUT2D eigenvalue weighted by Gasteiger charge is 2.18. The van der Waals surface area contributed by atoms with Gasteiger partial charge in [-0.3, -0.25) is 4.72 Å². The molecule has 0 aliphatic heterocycles. The fourth-order valence-electron chi connectivity index (χ4n) is 1.72. The zero-order valence-corrected chi connectivity index (χ0v) is 15.1. The van der Waals surface area contributed by atoms with Gasteiger partial charge in [0.05, 0.1) is 6.61 Å². The number of sulfonamides is 1. The third-order valence-corrected chi connectivity index (χ3v) is 6.12. The van der Waals surface area contributed by atoms with Crippen LogP contribution in [0.5, 0.6) is 0 Å². The van der Waals surface area contributed by atoms with Gasteiger partial charge in [-0.1, -0.05) is 28.1 Å². The van der Waals surface area contributed by atoms with E-state index in [2.05, 4.69) is 36.6 Å². The second-order valence-corrected chi connectivity index (χ2v) is 7.85.